The smallest absolute Gasteiger partial charge is 0.132 e. The maximum absolute atomic E-state index is 5.94. The molecule has 0 atom stereocenters. The standard InChI is InChI=1S/C17H19ClN2/c1-11-4-3-5-13(6-11)14-8-15(9-14)20-16-7-12(2)17(18)19-10-16/h3-7,10,14-15,20H,8-9H2,1-2H3. The number of pyridine rings is 1. The van der Waals surface area contributed by atoms with Crippen molar-refractivity contribution in [1.29, 1.82) is 0 Å². The average molecular weight is 287 g/mol. The van der Waals surface area contributed by atoms with Crippen LogP contribution in [0.2, 0.25) is 5.15 Å². The zero-order valence-electron chi connectivity index (χ0n) is 11.9. The molecule has 0 saturated heterocycles. The zero-order chi connectivity index (χ0) is 14.1. The summed E-state index contributed by atoms with van der Waals surface area (Å²) in [5.74, 6) is 0.689. The topological polar surface area (TPSA) is 24.9 Å². The summed E-state index contributed by atoms with van der Waals surface area (Å²) < 4.78 is 0. The van der Waals surface area contributed by atoms with Gasteiger partial charge in [0.2, 0.25) is 0 Å². The van der Waals surface area contributed by atoms with E-state index in [1.165, 1.54) is 24.0 Å². The van der Waals surface area contributed by atoms with Crippen molar-refractivity contribution in [2.24, 2.45) is 0 Å². The lowest BCUT2D eigenvalue weighted by Gasteiger charge is -2.37. The van der Waals surface area contributed by atoms with E-state index in [2.05, 4.69) is 47.6 Å². The molecule has 3 heteroatoms. The third-order valence-corrected chi connectivity index (χ3v) is 4.43. The summed E-state index contributed by atoms with van der Waals surface area (Å²) in [5, 5.41) is 4.12. The molecule has 1 aromatic carbocycles. The number of benzene rings is 1. The van der Waals surface area contributed by atoms with Crippen LogP contribution in [0.1, 0.15) is 35.4 Å². The van der Waals surface area contributed by atoms with Gasteiger partial charge in [0.25, 0.3) is 0 Å². The van der Waals surface area contributed by atoms with Gasteiger partial charge in [0.15, 0.2) is 0 Å². The third kappa shape index (κ3) is 2.80. The Morgan fingerprint density at radius 2 is 2.00 bits per heavy atom. The zero-order valence-corrected chi connectivity index (χ0v) is 12.6. The van der Waals surface area contributed by atoms with E-state index >= 15 is 0 Å². The van der Waals surface area contributed by atoms with E-state index in [9.17, 15) is 0 Å². The summed E-state index contributed by atoms with van der Waals surface area (Å²) in [6.07, 6.45) is 4.19. The van der Waals surface area contributed by atoms with Crippen LogP contribution in [0.15, 0.2) is 36.5 Å². The van der Waals surface area contributed by atoms with Gasteiger partial charge in [-0.05, 0) is 49.8 Å². The maximum Gasteiger partial charge on any atom is 0.132 e. The number of nitrogens with zero attached hydrogens (tertiary/aromatic N) is 1. The maximum atomic E-state index is 5.94. The highest BCUT2D eigenvalue weighted by Crippen LogP contribution is 2.38. The van der Waals surface area contributed by atoms with Crippen molar-refractivity contribution >= 4 is 17.3 Å². The number of nitrogens with one attached hydrogen (secondary N) is 1. The normalized spacial score (nSPS) is 21.4. The van der Waals surface area contributed by atoms with Crippen molar-refractivity contribution in [2.45, 2.75) is 38.6 Å². The van der Waals surface area contributed by atoms with Crippen LogP contribution in [0.4, 0.5) is 5.69 Å². The molecular weight excluding hydrogens is 268 g/mol. The van der Waals surface area contributed by atoms with Gasteiger partial charge in [-0.2, -0.15) is 0 Å². The van der Waals surface area contributed by atoms with E-state index in [4.69, 9.17) is 11.6 Å². The first kappa shape index (κ1) is 13.4. The van der Waals surface area contributed by atoms with E-state index in [1.807, 2.05) is 13.1 Å². The first-order chi connectivity index (χ1) is 9.61. The van der Waals surface area contributed by atoms with Crippen LogP contribution in [0.5, 0.6) is 0 Å². The minimum absolute atomic E-state index is 0.544. The second-order valence-corrected chi connectivity index (χ2v) is 6.11. The number of anilines is 1. The monoisotopic (exact) mass is 286 g/mol. The molecule has 20 heavy (non-hydrogen) atoms. The van der Waals surface area contributed by atoms with E-state index in [-0.39, 0.29) is 0 Å². The van der Waals surface area contributed by atoms with Crippen LogP contribution in [-0.4, -0.2) is 11.0 Å². The van der Waals surface area contributed by atoms with Gasteiger partial charge < -0.3 is 5.32 Å². The van der Waals surface area contributed by atoms with Crippen molar-refractivity contribution in [2.75, 3.05) is 5.32 Å². The minimum atomic E-state index is 0.544. The minimum Gasteiger partial charge on any atom is -0.381 e. The number of aryl methyl sites for hydroxylation is 2. The van der Waals surface area contributed by atoms with Gasteiger partial charge in [-0.15, -0.1) is 0 Å². The molecule has 2 nitrogen and oxygen atoms in total. The predicted octanol–water partition coefficient (Wildman–Crippen LogP) is 4.71. The Balaban J connectivity index is 1.59. The molecule has 1 aliphatic rings. The highest BCUT2D eigenvalue weighted by Gasteiger charge is 2.30. The van der Waals surface area contributed by atoms with Crippen molar-refractivity contribution in [1.82, 2.24) is 4.98 Å². The second-order valence-electron chi connectivity index (χ2n) is 5.76. The number of hydrogen-bond acceptors (Lipinski definition) is 2. The fourth-order valence-electron chi connectivity index (χ4n) is 2.80. The Kier molecular flexibility index (Phi) is 3.66. The molecule has 1 aliphatic carbocycles. The van der Waals surface area contributed by atoms with Crippen molar-refractivity contribution in [3.05, 3.63) is 58.4 Å². The Morgan fingerprint density at radius 3 is 2.70 bits per heavy atom. The molecule has 0 radical (unpaired) electrons. The summed E-state index contributed by atoms with van der Waals surface area (Å²) in [7, 11) is 0. The van der Waals surface area contributed by atoms with Gasteiger partial charge in [-0.3, -0.25) is 0 Å². The SMILES string of the molecule is Cc1cccc(C2CC(Nc3cnc(Cl)c(C)c3)C2)c1. The van der Waals surface area contributed by atoms with E-state index in [1.54, 1.807) is 0 Å². The number of halogens is 1. The first-order valence-electron chi connectivity index (χ1n) is 7.07. The molecule has 104 valence electrons. The fraction of sp³-hybridized carbons (Fsp3) is 0.353. The molecule has 3 rings (SSSR count). The van der Waals surface area contributed by atoms with Crippen LogP contribution in [0.25, 0.3) is 0 Å². The molecule has 1 heterocycles. The largest absolute Gasteiger partial charge is 0.381 e. The fourth-order valence-corrected chi connectivity index (χ4v) is 2.91. The van der Waals surface area contributed by atoms with E-state index < -0.39 is 0 Å². The van der Waals surface area contributed by atoms with Gasteiger partial charge >= 0.3 is 0 Å². The molecule has 0 bridgehead atoms. The summed E-state index contributed by atoms with van der Waals surface area (Å²) in [5.41, 5.74) is 4.90. The Hall–Kier alpha value is -1.54. The highest BCUT2D eigenvalue weighted by molar-refractivity contribution is 6.30. The van der Waals surface area contributed by atoms with Gasteiger partial charge in [0.05, 0.1) is 11.9 Å². The molecule has 1 aromatic heterocycles. The molecule has 1 fully saturated rings. The van der Waals surface area contributed by atoms with Gasteiger partial charge in [0, 0.05) is 6.04 Å². The third-order valence-electron chi connectivity index (χ3n) is 4.04. The molecule has 1 N–H and O–H groups in total. The second kappa shape index (κ2) is 5.45. The molecule has 0 unspecified atom stereocenters. The van der Waals surface area contributed by atoms with Gasteiger partial charge in [-0.25, -0.2) is 4.98 Å². The molecule has 0 aliphatic heterocycles. The van der Waals surface area contributed by atoms with Crippen LogP contribution >= 0.6 is 11.6 Å². The summed E-state index contributed by atoms with van der Waals surface area (Å²) in [4.78, 5) is 4.18. The molecular formula is C17H19ClN2. The van der Waals surface area contributed by atoms with Gasteiger partial charge in [0.1, 0.15) is 5.15 Å². The molecule has 0 spiro atoms. The van der Waals surface area contributed by atoms with Crippen molar-refractivity contribution < 1.29 is 0 Å². The molecule has 2 aromatic rings. The summed E-state index contributed by atoms with van der Waals surface area (Å²) in [6.45, 7) is 4.14. The van der Waals surface area contributed by atoms with Crippen LogP contribution in [0.3, 0.4) is 0 Å². The predicted molar refractivity (Wildman–Crippen MR) is 84.5 cm³/mol. The Labute approximate surface area is 125 Å². The Morgan fingerprint density at radius 1 is 1.20 bits per heavy atom. The summed E-state index contributed by atoms with van der Waals surface area (Å²) >= 11 is 5.94. The number of aromatic nitrogens is 1. The lowest BCUT2D eigenvalue weighted by molar-refractivity contribution is 0.374. The molecule has 1 saturated carbocycles. The quantitative estimate of drug-likeness (QED) is 0.827. The number of hydrogen-bond donors (Lipinski definition) is 1. The van der Waals surface area contributed by atoms with E-state index in [0.717, 1.165) is 11.3 Å². The van der Waals surface area contributed by atoms with Crippen LogP contribution < -0.4 is 5.32 Å². The molecule has 0 amide bonds. The highest BCUT2D eigenvalue weighted by atomic mass is 35.5. The first-order valence-corrected chi connectivity index (χ1v) is 7.45. The lowest BCUT2D eigenvalue weighted by Crippen LogP contribution is -2.34. The average Bonchev–Trinajstić information content (AvgIpc) is 2.37. The van der Waals surface area contributed by atoms with Crippen molar-refractivity contribution in [3.8, 4) is 0 Å². The summed E-state index contributed by atoms with van der Waals surface area (Å²) in [6, 6.07) is 11.5. The van der Waals surface area contributed by atoms with E-state index in [0.29, 0.717) is 17.1 Å². The Bertz CT molecular complexity index is 618. The van der Waals surface area contributed by atoms with Crippen molar-refractivity contribution in [3.63, 3.8) is 0 Å². The number of rotatable bonds is 3. The van der Waals surface area contributed by atoms with Gasteiger partial charge in [-0.1, -0.05) is 41.4 Å². The van der Waals surface area contributed by atoms with Crippen LogP contribution in [-0.2, 0) is 0 Å². The lowest BCUT2D eigenvalue weighted by atomic mass is 9.75. The van der Waals surface area contributed by atoms with Crippen LogP contribution in [0, 0.1) is 13.8 Å².